The summed E-state index contributed by atoms with van der Waals surface area (Å²) in [6.45, 7) is 4.10. The molecular formula is C19H24FNO2. The van der Waals surface area contributed by atoms with E-state index in [9.17, 15) is 14.6 Å². The highest BCUT2D eigenvalue weighted by molar-refractivity contribution is 5.25. The van der Waals surface area contributed by atoms with Crippen LogP contribution in [0.25, 0.3) is 0 Å². The molecule has 0 aliphatic rings. The van der Waals surface area contributed by atoms with Gasteiger partial charge in [-0.05, 0) is 49.7 Å². The van der Waals surface area contributed by atoms with Gasteiger partial charge in [0.1, 0.15) is 11.6 Å². The Balaban J connectivity index is 1.83. The lowest BCUT2D eigenvalue weighted by atomic mass is 10.1. The van der Waals surface area contributed by atoms with Crippen LogP contribution in [0.1, 0.15) is 30.6 Å². The number of hydrogen-bond acceptors (Lipinski definition) is 3. The standard InChI is InChI=1S/C19H24FNO2/c1-2-21(13-5-6-15-9-11-16(22)12-10-15)14-19(23)17-7-3-4-8-18(17)20/h3-4,7-12,19,22-23H,2,5-6,13-14H2,1H3/t19-/m1/s1. The zero-order valence-electron chi connectivity index (χ0n) is 13.5. The fourth-order valence-corrected chi connectivity index (χ4v) is 2.64. The molecule has 0 spiro atoms. The molecule has 2 aromatic carbocycles. The van der Waals surface area contributed by atoms with Crippen LogP contribution in [0.4, 0.5) is 4.39 Å². The normalized spacial score (nSPS) is 12.5. The van der Waals surface area contributed by atoms with Crippen LogP contribution in [-0.2, 0) is 6.42 Å². The van der Waals surface area contributed by atoms with Gasteiger partial charge < -0.3 is 15.1 Å². The molecule has 0 unspecified atom stereocenters. The van der Waals surface area contributed by atoms with E-state index in [4.69, 9.17) is 0 Å². The van der Waals surface area contributed by atoms with E-state index < -0.39 is 6.10 Å². The van der Waals surface area contributed by atoms with Gasteiger partial charge in [-0.2, -0.15) is 0 Å². The number of hydrogen-bond donors (Lipinski definition) is 2. The molecule has 0 saturated heterocycles. The number of phenolic OH excluding ortho intramolecular Hbond substituents is 1. The van der Waals surface area contributed by atoms with Gasteiger partial charge in [0.15, 0.2) is 0 Å². The predicted molar refractivity (Wildman–Crippen MR) is 89.9 cm³/mol. The van der Waals surface area contributed by atoms with Crippen molar-refractivity contribution < 1.29 is 14.6 Å². The van der Waals surface area contributed by atoms with Crippen molar-refractivity contribution in [3.05, 3.63) is 65.5 Å². The van der Waals surface area contributed by atoms with Crippen LogP contribution < -0.4 is 0 Å². The van der Waals surface area contributed by atoms with Gasteiger partial charge in [0.2, 0.25) is 0 Å². The lowest BCUT2D eigenvalue weighted by Crippen LogP contribution is -2.30. The molecule has 0 heterocycles. The number of likely N-dealkylation sites (N-methyl/N-ethyl adjacent to an activating group) is 1. The maximum atomic E-state index is 13.7. The Hall–Kier alpha value is -1.91. The zero-order chi connectivity index (χ0) is 16.7. The molecule has 3 nitrogen and oxygen atoms in total. The van der Waals surface area contributed by atoms with Gasteiger partial charge in [0, 0.05) is 12.1 Å². The molecule has 0 aliphatic carbocycles. The Morgan fingerprint density at radius 1 is 1.09 bits per heavy atom. The third-order valence-corrected chi connectivity index (χ3v) is 4.02. The Morgan fingerprint density at radius 3 is 2.43 bits per heavy atom. The summed E-state index contributed by atoms with van der Waals surface area (Å²) in [6, 6.07) is 13.6. The monoisotopic (exact) mass is 317 g/mol. The highest BCUT2D eigenvalue weighted by Gasteiger charge is 2.15. The molecule has 0 radical (unpaired) electrons. The van der Waals surface area contributed by atoms with Crippen molar-refractivity contribution in [1.82, 2.24) is 4.90 Å². The van der Waals surface area contributed by atoms with E-state index in [1.165, 1.54) is 11.6 Å². The summed E-state index contributed by atoms with van der Waals surface area (Å²) in [4.78, 5) is 2.12. The Kier molecular flexibility index (Phi) is 6.56. The van der Waals surface area contributed by atoms with E-state index in [1.807, 2.05) is 19.1 Å². The quantitative estimate of drug-likeness (QED) is 0.783. The average molecular weight is 317 g/mol. The highest BCUT2D eigenvalue weighted by atomic mass is 19.1. The number of phenols is 1. The molecule has 0 fully saturated rings. The lowest BCUT2D eigenvalue weighted by Gasteiger charge is -2.24. The molecule has 124 valence electrons. The third kappa shape index (κ3) is 5.34. The van der Waals surface area contributed by atoms with E-state index in [0.29, 0.717) is 12.1 Å². The molecule has 1 atom stereocenters. The van der Waals surface area contributed by atoms with Gasteiger partial charge in [0.05, 0.1) is 6.10 Å². The molecule has 23 heavy (non-hydrogen) atoms. The van der Waals surface area contributed by atoms with E-state index in [2.05, 4.69) is 4.90 Å². The topological polar surface area (TPSA) is 43.7 Å². The number of aromatic hydroxyl groups is 1. The first-order valence-electron chi connectivity index (χ1n) is 8.03. The summed E-state index contributed by atoms with van der Waals surface area (Å²) in [5.74, 6) is -0.0860. The third-order valence-electron chi connectivity index (χ3n) is 4.02. The molecule has 4 heteroatoms. The number of aliphatic hydroxyl groups is 1. The summed E-state index contributed by atoms with van der Waals surface area (Å²) in [7, 11) is 0. The van der Waals surface area contributed by atoms with Crippen LogP contribution >= 0.6 is 0 Å². The smallest absolute Gasteiger partial charge is 0.129 e. The van der Waals surface area contributed by atoms with Crippen molar-refractivity contribution in [3.8, 4) is 5.75 Å². The van der Waals surface area contributed by atoms with Gasteiger partial charge in [-0.25, -0.2) is 4.39 Å². The first kappa shape index (κ1) is 17.4. The fraction of sp³-hybridized carbons (Fsp3) is 0.368. The second kappa shape index (κ2) is 8.65. The van der Waals surface area contributed by atoms with E-state index in [0.717, 1.165) is 25.9 Å². The van der Waals surface area contributed by atoms with E-state index in [-0.39, 0.29) is 11.6 Å². The molecule has 0 aromatic heterocycles. The van der Waals surface area contributed by atoms with Crippen LogP contribution in [0.2, 0.25) is 0 Å². The van der Waals surface area contributed by atoms with Crippen molar-refractivity contribution >= 4 is 0 Å². The molecule has 0 amide bonds. The van der Waals surface area contributed by atoms with Crippen molar-refractivity contribution in [1.29, 1.82) is 0 Å². The first-order chi connectivity index (χ1) is 11.1. The second-order valence-electron chi connectivity index (χ2n) is 5.70. The number of nitrogens with zero attached hydrogens (tertiary/aromatic N) is 1. The summed E-state index contributed by atoms with van der Waals surface area (Å²) in [5.41, 5.74) is 1.53. The number of rotatable bonds is 8. The average Bonchev–Trinajstić information content (AvgIpc) is 2.56. The first-order valence-corrected chi connectivity index (χ1v) is 8.03. The van der Waals surface area contributed by atoms with Crippen molar-refractivity contribution in [3.63, 3.8) is 0 Å². The van der Waals surface area contributed by atoms with Crippen molar-refractivity contribution in [2.75, 3.05) is 19.6 Å². The molecular weight excluding hydrogens is 293 g/mol. The van der Waals surface area contributed by atoms with Gasteiger partial charge in [-0.3, -0.25) is 0 Å². The van der Waals surface area contributed by atoms with Gasteiger partial charge in [-0.1, -0.05) is 37.3 Å². The maximum absolute atomic E-state index is 13.7. The maximum Gasteiger partial charge on any atom is 0.129 e. The van der Waals surface area contributed by atoms with Gasteiger partial charge >= 0.3 is 0 Å². The van der Waals surface area contributed by atoms with Crippen molar-refractivity contribution in [2.24, 2.45) is 0 Å². The Bertz CT molecular complexity index is 601. The molecule has 0 saturated carbocycles. The summed E-state index contributed by atoms with van der Waals surface area (Å²) < 4.78 is 13.7. The fourth-order valence-electron chi connectivity index (χ4n) is 2.64. The predicted octanol–water partition coefficient (Wildman–Crippen LogP) is 3.52. The molecule has 2 aromatic rings. The van der Waals surface area contributed by atoms with Crippen LogP contribution in [0.15, 0.2) is 48.5 Å². The van der Waals surface area contributed by atoms with Crippen LogP contribution in [0, 0.1) is 5.82 Å². The minimum absolute atomic E-state index is 0.275. The van der Waals surface area contributed by atoms with Crippen LogP contribution in [0.3, 0.4) is 0 Å². The minimum atomic E-state index is -0.815. The van der Waals surface area contributed by atoms with Crippen LogP contribution in [0.5, 0.6) is 5.75 Å². The highest BCUT2D eigenvalue weighted by Crippen LogP contribution is 2.18. The Morgan fingerprint density at radius 2 is 1.78 bits per heavy atom. The molecule has 0 bridgehead atoms. The second-order valence-corrected chi connectivity index (χ2v) is 5.70. The summed E-state index contributed by atoms with van der Waals surface area (Å²) in [5, 5.41) is 19.5. The minimum Gasteiger partial charge on any atom is -0.508 e. The number of aliphatic hydroxyl groups excluding tert-OH is 1. The SMILES string of the molecule is CCN(CCCc1ccc(O)cc1)C[C@@H](O)c1ccccc1F. The van der Waals surface area contributed by atoms with Gasteiger partial charge in [0.25, 0.3) is 0 Å². The number of halogens is 1. The molecule has 2 rings (SSSR count). The Labute approximate surface area is 137 Å². The summed E-state index contributed by atoms with van der Waals surface area (Å²) >= 11 is 0. The molecule has 0 aliphatic heterocycles. The summed E-state index contributed by atoms with van der Waals surface area (Å²) in [6.07, 6.45) is 1.04. The lowest BCUT2D eigenvalue weighted by molar-refractivity contribution is 0.112. The molecule has 2 N–H and O–H groups in total. The number of benzene rings is 2. The van der Waals surface area contributed by atoms with E-state index in [1.54, 1.807) is 30.3 Å². The largest absolute Gasteiger partial charge is 0.508 e. The number of aryl methyl sites for hydroxylation is 1. The van der Waals surface area contributed by atoms with Crippen molar-refractivity contribution in [2.45, 2.75) is 25.9 Å². The van der Waals surface area contributed by atoms with Crippen LogP contribution in [-0.4, -0.2) is 34.7 Å². The van der Waals surface area contributed by atoms with E-state index >= 15 is 0 Å². The van der Waals surface area contributed by atoms with Gasteiger partial charge in [-0.15, -0.1) is 0 Å². The zero-order valence-corrected chi connectivity index (χ0v) is 13.5.